The number of carbonyl (C=O) groups is 1. The van der Waals surface area contributed by atoms with Gasteiger partial charge in [0.2, 0.25) is 0 Å². The SMILES string of the molecule is CC(C)(C)COS(=O)(=O)c1ccc(C=O)cc1. The Hall–Kier alpha value is -1.20. The maximum absolute atomic E-state index is 11.8. The summed E-state index contributed by atoms with van der Waals surface area (Å²) in [5.74, 6) is 0. The van der Waals surface area contributed by atoms with Gasteiger partial charge >= 0.3 is 0 Å². The molecular weight excluding hydrogens is 240 g/mol. The van der Waals surface area contributed by atoms with Crippen LogP contribution in [0.25, 0.3) is 0 Å². The topological polar surface area (TPSA) is 60.4 Å². The van der Waals surface area contributed by atoms with Gasteiger partial charge in [-0.2, -0.15) is 8.42 Å². The molecule has 0 amide bonds. The van der Waals surface area contributed by atoms with Crippen LogP contribution in [0.2, 0.25) is 0 Å². The smallest absolute Gasteiger partial charge is 0.296 e. The van der Waals surface area contributed by atoms with Crippen molar-refractivity contribution < 1.29 is 17.4 Å². The maximum Gasteiger partial charge on any atom is 0.296 e. The summed E-state index contributed by atoms with van der Waals surface area (Å²) in [5, 5.41) is 0. The lowest BCUT2D eigenvalue weighted by Crippen LogP contribution is -2.18. The lowest BCUT2D eigenvalue weighted by Gasteiger charge is -2.17. The van der Waals surface area contributed by atoms with Gasteiger partial charge in [-0.3, -0.25) is 8.98 Å². The summed E-state index contributed by atoms with van der Waals surface area (Å²) in [6.07, 6.45) is 0.659. The number of carbonyl (C=O) groups excluding carboxylic acids is 1. The predicted octanol–water partition coefficient (Wildman–Crippen LogP) is 2.25. The third kappa shape index (κ3) is 4.28. The number of hydrogen-bond donors (Lipinski definition) is 0. The fourth-order valence-corrected chi connectivity index (χ4v) is 2.15. The summed E-state index contributed by atoms with van der Waals surface area (Å²) in [4.78, 5) is 10.5. The molecule has 0 aromatic heterocycles. The molecular formula is C12H16O4S. The van der Waals surface area contributed by atoms with E-state index in [-0.39, 0.29) is 16.9 Å². The van der Waals surface area contributed by atoms with Gasteiger partial charge in [0.05, 0.1) is 11.5 Å². The number of benzene rings is 1. The van der Waals surface area contributed by atoms with E-state index in [2.05, 4.69) is 0 Å². The Morgan fingerprint density at radius 1 is 1.18 bits per heavy atom. The quantitative estimate of drug-likeness (QED) is 0.612. The van der Waals surface area contributed by atoms with Gasteiger partial charge in [-0.15, -0.1) is 0 Å². The molecule has 0 N–H and O–H groups in total. The molecule has 0 saturated heterocycles. The molecule has 17 heavy (non-hydrogen) atoms. The predicted molar refractivity (Wildman–Crippen MR) is 64.4 cm³/mol. The molecule has 1 aromatic rings. The summed E-state index contributed by atoms with van der Waals surface area (Å²) in [6, 6.07) is 5.62. The third-order valence-electron chi connectivity index (χ3n) is 1.95. The highest BCUT2D eigenvalue weighted by Crippen LogP contribution is 2.19. The van der Waals surface area contributed by atoms with Crippen molar-refractivity contribution >= 4 is 16.4 Å². The monoisotopic (exact) mass is 256 g/mol. The zero-order valence-corrected chi connectivity index (χ0v) is 11.0. The molecule has 0 aliphatic carbocycles. The molecule has 94 valence electrons. The van der Waals surface area contributed by atoms with Gasteiger partial charge in [0, 0.05) is 5.56 Å². The molecule has 4 nitrogen and oxygen atoms in total. The van der Waals surface area contributed by atoms with Crippen LogP contribution in [0, 0.1) is 5.41 Å². The van der Waals surface area contributed by atoms with Gasteiger partial charge in [-0.1, -0.05) is 32.9 Å². The van der Waals surface area contributed by atoms with Gasteiger partial charge < -0.3 is 0 Å². The second-order valence-corrected chi connectivity index (χ2v) is 6.58. The lowest BCUT2D eigenvalue weighted by molar-refractivity contribution is 0.112. The minimum absolute atomic E-state index is 0.0624. The van der Waals surface area contributed by atoms with Gasteiger partial charge in [-0.25, -0.2) is 0 Å². The second kappa shape index (κ2) is 4.98. The average molecular weight is 256 g/mol. The van der Waals surface area contributed by atoms with Crippen LogP contribution in [0.5, 0.6) is 0 Å². The molecule has 0 atom stereocenters. The largest absolute Gasteiger partial charge is 0.298 e. The van der Waals surface area contributed by atoms with E-state index >= 15 is 0 Å². The van der Waals surface area contributed by atoms with Gasteiger partial charge in [0.1, 0.15) is 6.29 Å². The standard InChI is InChI=1S/C12H16O4S/c1-12(2,3)9-16-17(14,15)11-6-4-10(8-13)5-7-11/h4-8H,9H2,1-3H3. The fraction of sp³-hybridized carbons (Fsp3) is 0.417. The van der Waals surface area contributed by atoms with Gasteiger partial charge in [-0.05, 0) is 17.5 Å². The molecule has 0 saturated carbocycles. The first kappa shape index (κ1) is 13.9. The first-order chi connectivity index (χ1) is 7.74. The Kier molecular flexibility index (Phi) is 4.06. The zero-order valence-electron chi connectivity index (χ0n) is 10.1. The van der Waals surface area contributed by atoms with E-state index in [9.17, 15) is 13.2 Å². The number of hydrogen-bond acceptors (Lipinski definition) is 4. The molecule has 1 aromatic carbocycles. The zero-order chi connectivity index (χ0) is 13.1. The second-order valence-electron chi connectivity index (χ2n) is 4.96. The Balaban J connectivity index is 2.86. The molecule has 0 heterocycles. The summed E-state index contributed by atoms with van der Waals surface area (Å²) in [5.41, 5.74) is 0.204. The minimum atomic E-state index is -3.73. The van der Waals surface area contributed by atoms with Crippen LogP contribution in [0.3, 0.4) is 0 Å². The molecule has 0 aliphatic heterocycles. The fourth-order valence-electron chi connectivity index (χ4n) is 1.04. The summed E-state index contributed by atoms with van der Waals surface area (Å²) < 4.78 is 28.5. The molecule has 0 radical (unpaired) electrons. The van der Waals surface area contributed by atoms with E-state index in [0.29, 0.717) is 11.8 Å². The van der Waals surface area contributed by atoms with Crippen molar-refractivity contribution in [1.82, 2.24) is 0 Å². The van der Waals surface area contributed by atoms with Crippen molar-refractivity contribution in [2.45, 2.75) is 25.7 Å². The van der Waals surface area contributed by atoms with Crippen molar-refractivity contribution in [3.05, 3.63) is 29.8 Å². The van der Waals surface area contributed by atoms with Crippen LogP contribution >= 0.6 is 0 Å². The van der Waals surface area contributed by atoms with E-state index in [1.165, 1.54) is 24.3 Å². The normalized spacial score (nSPS) is 12.4. The van der Waals surface area contributed by atoms with Crippen molar-refractivity contribution in [3.8, 4) is 0 Å². The highest BCUT2D eigenvalue weighted by molar-refractivity contribution is 7.86. The van der Waals surface area contributed by atoms with Crippen LogP contribution < -0.4 is 0 Å². The summed E-state index contributed by atoms with van der Waals surface area (Å²) in [6.45, 7) is 5.78. The minimum Gasteiger partial charge on any atom is -0.298 e. The Bertz CT molecular complexity index is 480. The van der Waals surface area contributed by atoms with Crippen molar-refractivity contribution in [2.24, 2.45) is 5.41 Å². The number of aldehydes is 1. The first-order valence-electron chi connectivity index (χ1n) is 5.19. The van der Waals surface area contributed by atoms with Crippen LogP contribution in [0.4, 0.5) is 0 Å². The number of rotatable bonds is 4. The van der Waals surface area contributed by atoms with Crippen LogP contribution in [0.15, 0.2) is 29.2 Å². The average Bonchev–Trinajstić information content (AvgIpc) is 2.26. The van der Waals surface area contributed by atoms with Crippen LogP contribution in [-0.4, -0.2) is 21.3 Å². The van der Waals surface area contributed by atoms with Gasteiger partial charge in [0.25, 0.3) is 10.1 Å². The van der Waals surface area contributed by atoms with E-state index in [1.54, 1.807) is 0 Å². The molecule has 0 bridgehead atoms. The maximum atomic E-state index is 11.8. The Morgan fingerprint density at radius 3 is 2.12 bits per heavy atom. The van der Waals surface area contributed by atoms with Crippen molar-refractivity contribution in [3.63, 3.8) is 0 Å². The molecule has 0 fully saturated rings. The van der Waals surface area contributed by atoms with Crippen molar-refractivity contribution in [2.75, 3.05) is 6.61 Å². The first-order valence-corrected chi connectivity index (χ1v) is 6.60. The van der Waals surface area contributed by atoms with E-state index in [4.69, 9.17) is 4.18 Å². The molecule has 5 heteroatoms. The summed E-state index contributed by atoms with van der Waals surface area (Å²) >= 11 is 0. The van der Waals surface area contributed by atoms with Crippen LogP contribution in [-0.2, 0) is 14.3 Å². The third-order valence-corrected chi connectivity index (χ3v) is 3.23. The van der Waals surface area contributed by atoms with E-state index < -0.39 is 10.1 Å². The summed E-state index contributed by atoms with van der Waals surface area (Å²) in [7, 11) is -3.73. The molecule has 0 aliphatic rings. The highest BCUT2D eigenvalue weighted by atomic mass is 32.2. The molecule has 1 rings (SSSR count). The van der Waals surface area contributed by atoms with Crippen LogP contribution in [0.1, 0.15) is 31.1 Å². The Labute approximate surface area is 102 Å². The lowest BCUT2D eigenvalue weighted by atomic mass is 9.99. The van der Waals surface area contributed by atoms with E-state index in [1.807, 2.05) is 20.8 Å². The highest BCUT2D eigenvalue weighted by Gasteiger charge is 2.19. The Morgan fingerprint density at radius 2 is 1.71 bits per heavy atom. The van der Waals surface area contributed by atoms with Gasteiger partial charge in [0.15, 0.2) is 0 Å². The molecule has 0 spiro atoms. The van der Waals surface area contributed by atoms with E-state index in [0.717, 1.165) is 0 Å². The van der Waals surface area contributed by atoms with Crippen molar-refractivity contribution in [1.29, 1.82) is 0 Å². The molecule has 0 unspecified atom stereocenters.